The topological polar surface area (TPSA) is 220 Å². The Bertz CT molecular complexity index is 2050. The molecule has 21 nitrogen and oxygen atoms in total. The van der Waals surface area contributed by atoms with Crippen LogP contribution in [0.25, 0.3) is 0 Å². The summed E-state index contributed by atoms with van der Waals surface area (Å²) in [6.45, 7) is 33.7. The van der Waals surface area contributed by atoms with Crippen LogP contribution in [0, 0.1) is 54.2 Å². The van der Waals surface area contributed by atoms with Crippen molar-refractivity contribution in [3.05, 3.63) is 39.9 Å². The second-order valence-electron chi connectivity index (χ2n) is 25.6. The second kappa shape index (κ2) is 31.6. The molecule has 0 spiro atoms. The van der Waals surface area contributed by atoms with Gasteiger partial charge in [-0.1, -0.05) is 12.1 Å². The first-order chi connectivity index (χ1) is 34.6. The van der Waals surface area contributed by atoms with Gasteiger partial charge in [-0.3, -0.25) is 68.3 Å². The predicted octanol–water partition coefficient (Wildman–Crippen LogP) is 5.38. The van der Waals surface area contributed by atoms with Crippen molar-refractivity contribution in [2.24, 2.45) is 0 Å². The minimum absolute atomic E-state index is 0. The number of non-ortho nitro benzene ring substituents is 1. The fraction of sp³-hybridized carbons (Fsp3) is 0.782. The Morgan fingerprint density at radius 1 is 0.416 bits per heavy atom. The molecule has 0 aromatic heterocycles. The summed E-state index contributed by atoms with van der Waals surface area (Å²) < 4.78 is 34.9. The van der Waals surface area contributed by atoms with Crippen molar-refractivity contribution in [3.63, 3.8) is 0 Å². The quantitative estimate of drug-likeness (QED) is 0.0931. The van der Waals surface area contributed by atoms with E-state index in [1.807, 2.05) is 29.4 Å². The SMILES string of the molecule is CC(C)(C)OC(=O)CN1CCN(CC(=O)OC(C)(C)C)CCN(CC(=O)OC(C)(C)C)CCN(CC(=O)OC(C)(C)C)C(Cc2ccc([N+](=O)[O-])cc2)CN(CC(=O)OC(C)(C)C)CCN(CC(=O)OC(C)(C)C)CC1.[225Ac]. The molecule has 1 aromatic rings. The van der Waals surface area contributed by atoms with Gasteiger partial charge in [0.15, 0.2) is 0 Å². The number of carbonyl (C=O) groups is 6. The average Bonchev–Trinajstić information content (AvgIpc) is 3.19. The molecule has 1 aromatic carbocycles. The van der Waals surface area contributed by atoms with Crippen molar-refractivity contribution in [1.82, 2.24) is 29.4 Å². The van der Waals surface area contributed by atoms with Crippen molar-refractivity contribution in [2.45, 2.75) is 171 Å². The van der Waals surface area contributed by atoms with Gasteiger partial charge in [0.25, 0.3) is 5.69 Å². The van der Waals surface area contributed by atoms with E-state index in [2.05, 4.69) is 0 Å². The van der Waals surface area contributed by atoms with Crippen LogP contribution in [0.4, 0.5) is 5.69 Å². The molecule has 2 rings (SSSR count). The first kappa shape index (κ1) is 71.7. The fourth-order valence-corrected chi connectivity index (χ4v) is 8.06. The van der Waals surface area contributed by atoms with Gasteiger partial charge < -0.3 is 28.4 Å². The number of nitro benzene ring substituents is 1. The molecule has 22 heteroatoms. The van der Waals surface area contributed by atoms with Crippen molar-refractivity contribution < 1.29 is 106 Å². The van der Waals surface area contributed by atoms with Crippen molar-refractivity contribution >= 4 is 41.5 Å². The van der Waals surface area contributed by atoms with E-state index in [0.717, 1.165) is 0 Å². The van der Waals surface area contributed by atoms with Gasteiger partial charge in [-0.15, -0.1) is 0 Å². The first-order valence-electron chi connectivity index (χ1n) is 26.5. The first-order valence-corrected chi connectivity index (χ1v) is 26.5. The molecule has 1 radical (unpaired) electrons. The number of benzene rings is 1. The third kappa shape index (κ3) is 35.1. The Balaban J connectivity index is 0.0000296. The molecule has 0 saturated carbocycles. The molecule has 1 aliphatic rings. The molecular formula is C55H95AcN7O14. The summed E-state index contributed by atoms with van der Waals surface area (Å²) in [5.74, 6) is -2.94. The molecule has 1 fully saturated rings. The van der Waals surface area contributed by atoms with E-state index in [-0.39, 0.29) is 167 Å². The van der Waals surface area contributed by atoms with Crippen molar-refractivity contribution in [2.75, 3.05) is 111 Å². The summed E-state index contributed by atoms with van der Waals surface area (Å²) in [6.07, 6.45) is 0.253. The number of hydrogen-bond acceptors (Lipinski definition) is 20. The van der Waals surface area contributed by atoms with Crippen LogP contribution in [0.1, 0.15) is 130 Å². The zero-order chi connectivity index (χ0) is 58.0. The van der Waals surface area contributed by atoms with Gasteiger partial charge in [0.1, 0.15) is 33.6 Å². The third-order valence-corrected chi connectivity index (χ3v) is 10.9. The van der Waals surface area contributed by atoms with Crippen LogP contribution in [0.3, 0.4) is 0 Å². The molecule has 1 saturated heterocycles. The Morgan fingerprint density at radius 2 is 0.649 bits per heavy atom. The largest absolute Gasteiger partial charge is 0.459 e. The third-order valence-electron chi connectivity index (χ3n) is 10.9. The van der Waals surface area contributed by atoms with E-state index in [1.165, 1.54) is 12.1 Å². The van der Waals surface area contributed by atoms with E-state index in [9.17, 15) is 38.9 Å². The van der Waals surface area contributed by atoms with Gasteiger partial charge in [0.2, 0.25) is 0 Å². The molecule has 0 amide bonds. The number of esters is 6. The molecule has 1 aliphatic heterocycles. The van der Waals surface area contributed by atoms with Crippen LogP contribution in [0.2, 0.25) is 0 Å². The van der Waals surface area contributed by atoms with Crippen LogP contribution in [-0.4, -0.2) is 221 Å². The van der Waals surface area contributed by atoms with Crippen LogP contribution < -0.4 is 0 Å². The predicted molar refractivity (Wildman–Crippen MR) is 289 cm³/mol. The Kier molecular flexibility index (Phi) is 29.4. The smallest absolute Gasteiger partial charge is 0.320 e. The molecule has 437 valence electrons. The number of nitro groups is 1. The summed E-state index contributed by atoms with van der Waals surface area (Å²) in [7, 11) is 0. The minimum atomic E-state index is -0.842. The summed E-state index contributed by atoms with van der Waals surface area (Å²) in [4.78, 5) is 105. The second-order valence-corrected chi connectivity index (χ2v) is 25.6. The van der Waals surface area contributed by atoms with Gasteiger partial charge >= 0.3 is 35.8 Å². The standard InChI is InChI=1S/C55H95N7O14.Ac/c1-50(2,3)71-44(63)35-56-23-24-57(36-45(64)72-51(4,5)6)27-28-59(38-47(66)74-53(10,11)12)31-32-61(40-49(68)76-55(16,17)18)43(33-41-19-21-42(22-20-41)62(69)70)34-60(39-48(67)75-54(13,14)15)30-29-58(26-25-56)37-46(65)73-52(7,8)9;/h19-22,43H,23-40H2,1-18H3;/i;1-2. The molecule has 1 atom stereocenters. The zero-order valence-electron chi connectivity index (χ0n) is 50.0. The van der Waals surface area contributed by atoms with Gasteiger partial charge in [-0.2, -0.15) is 0 Å². The fourth-order valence-electron chi connectivity index (χ4n) is 8.06. The summed E-state index contributed by atoms with van der Waals surface area (Å²) >= 11 is 0. The number of carbonyl (C=O) groups excluding carboxylic acids is 6. The number of hydrogen-bond donors (Lipinski definition) is 0. The van der Waals surface area contributed by atoms with Crippen LogP contribution in [0.5, 0.6) is 0 Å². The van der Waals surface area contributed by atoms with Gasteiger partial charge in [-0.25, -0.2) is 0 Å². The Labute approximate surface area is 495 Å². The maximum Gasteiger partial charge on any atom is 0.320 e. The van der Waals surface area contributed by atoms with E-state index in [0.29, 0.717) is 5.56 Å². The zero-order valence-corrected chi connectivity index (χ0v) is 54.8. The van der Waals surface area contributed by atoms with Gasteiger partial charge in [-0.05, 0) is 137 Å². The van der Waals surface area contributed by atoms with Crippen LogP contribution >= 0.6 is 0 Å². The number of rotatable bonds is 15. The van der Waals surface area contributed by atoms with Crippen molar-refractivity contribution in [1.29, 1.82) is 0 Å². The van der Waals surface area contributed by atoms with E-state index >= 15 is 0 Å². The molecule has 0 bridgehead atoms. The minimum Gasteiger partial charge on any atom is -0.459 e. The molecule has 1 heterocycles. The molecule has 1 unspecified atom stereocenters. The maximum absolute atomic E-state index is 14.0. The van der Waals surface area contributed by atoms with Gasteiger partial charge in [0, 0.05) is 134 Å². The summed E-state index contributed by atoms with van der Waals surface area (Å²) in [5, 5.41) is 11.8. The summed E-state index contributed by atoms with van der Waals surface area (Å²) in [5.41, 5.74) is -4.19. The Morgan fingerprint density at radius 3 is 0.909 bits per heavy atom. The van der Waals surface area contributed by atoms with E-state index < -0.39 is 80.4 Å². The number of ether oxygens (including phenoxy) is 6. The number of nitrogens with zero attached hydrogens (tertiary/aromatic N) is 7. The molecule has 0 aliphatic carbocycles. The summed E-state index contributed by atoms with van der Waals surface area (Å²) in [6, 6.07) is 5.57. The van der Waals surface area contributed by atoms with E-state index in [1.54, 1.807) is 137 Å². The molecule has 0 N–H and O–H groups in total. The molecule has 77 heavy (non-hydrogen) atoms. The monoisotopic (exact) mass is 1300 g/mol. The maximum atomic E-state index is 14.0. The average molecular weight is 1300 g/mol. The normalized spacial score (nSPS) is 17.9. The van der Waals surface area contributed by atoms with Crippen LogP contribution in [0.15, 0.2) is 24.3 Å². The van der Waals surface area contributed by atoms with Crippen LogP contribution in [-0.2, 0) is 63.6 Å². The van der Waals surface area contributed by atoms with Crippen molar-refractivity contribution in [3.8, 4) is 0 Å². The molecular weight excluding hydrogens is 1210 g/mol. The van der Waals surface area contributed by atoms with E-state index in [4.69, 9.17) is 28.4 Å². The van der Waals surface area contributed by atoms with Gasteiger partial charge in [0.05, 0.1) is 44.2 Å². The Hall–Kier alpha value is -3.36.